The average molecular weight is 460 g/mol. The van der Waals surface area contributed by atoms with Crippen molar-refractivity contribution >= 4 is 28.3 Å². The molecule has 1 unspecified atom stereocenters. The number of H-pyrrole nitrogens is 1. The Bertz CT molecular complexity index is 1370. The van der Waals surface area contributed by atoms with Crippen molar-refractivity contribution in [3.63, 3.8) is 0 Å². The number of fused-ring (bicyclic) bond motifs is 1. The number of hydroxylamine groups is 2. The number of hydrogen-bond donors (Lipinski definition) is 3. The summed E-state index contributed by atoms with van der Waals surface area (Å²) in [5.74, 6) is 1.44. The Labute approximate surface area is 195 Å². The molecule has 174 valence electrons. The van der Waals surface area contributed by atoms with E-state index < -0.39 is 6.10 Å². The van der Waals surface area contributed by atoms with Gasteiger partial charge in [-0.15, -0.1) is 0 Å². The summed E-state index contributed by atoms with van der Waals surface area (Å²) in [6.07, 6.45) is 6.89. The van der Waals surface area contributed by atoms with E-state index in [1.165, 1.54) is 0 Å². The lowest BCUT2D eigenvalue weighted by atomic mass is 10.1. The molecule has 0 radical (unpaired) electrons. The summed E-state index contributed by atoms with van der Waals surface area (Å²) < 4.78 is 1.71. The largest absolute Gasteiger partial charge is 0.389 e. The smallest absolute Gasteiger partial charge is 0.229 e. The molecule has 1 aromatic carbocycles. The van der Waals surface area contributed by atoms with Gasteiger partial charge in [0.05, 0.1) is 31.5 Å². The van der Waals surface area contributed by atoms with Gasteiger partial charge in [-0.25, -0.2) is 9.67 Å². The Morgan fingerprint density at radius 2 is 2.21 bits per heavy atom. The molecule has 34 heavy (non-hydrogen) atoms. The summed E-state index contributed by atoms with van der Waals surface area (Å²) in [4.78, 5) is 30.2. The molecule has 3 N–H and O–H groups in total. The lowest BCUT2D eigenvalue weighted by molar-refractivity contribution is -0.118. The lowest BCUT2D eigenvalue weighted by Crippen LogP contribution is -2.20. The van der Waals surface area contributed by atoms with Crippen molar-refractivity contribution in [2.45, 2.75) is 32.4 Å². The molecule has 2 fully saturated rings. The number of hydrogen-bond acceptors (Lipinski definition) is 8. The number of carbonyl (C=O) groups is 1. The Kier molecular flexibility index (Phi) is 5.13. The number of anilines is 2. The number of ketones is 1. The van der Waals surface area contributed by atoms with Crippen LogP contribution in [0.15, 0.2) is 42.9 Å². The van der Waals surface area contributed by atoms with Gasteiger partial charge in [-0.3, -0.25) is 9.63 Å². The van der Waals surface area contributed by atoms with Crippen molar-refractivity contribution in [3.8, 4) is 5.82 Å². The van der Waals surface area contributed by atoms with Gasteiger partial charge in [0.2, 0.25) is 5.95 Å². The second kappa shape index (κ2) is 8.32. The molecular weight excluding hydrogens is 434 g/mol. The van der Waals surface area contributed by atoms with Crippen LogP contribution in [0.4, 0.5) is 11.6 Å². The number of Topliss-reactive ketones (excluding diaryl/α,β-unsaturated/α-hetero) is 1. The zero-order chi connectivity index (χ0) is 23.2. The number of carbonyl (C=O) groups excluding carboxylic acids is 1. The first kappa shape index (κ1) is 21.0. The molecule has 1 saturated carbocycles. The number of aliphatic hydroxyl groups is 1. The first-order valence-electron chi connectivity index (χ1n) is 11.4. The highest BCUT2D eigenvalue weighted by molar-refractivity contribution is 6.10. The molecule has 1 saturated heterocycles. The Hall–Kier alpha value is -3.60. The van der Waals surface area contributed by atoms with Gasteiger partial charge in [-0.1, -0.05) is 0 Å². The first-order valence-corrected chi connectivity index (χ1v) is 11.4. The summed E-state index contributed by atoms with van der Waals surface area (Å²) >= 11 is 0. The van der Waals surface area contributed by atoms with E-state index in [9.17, 15) is 9.90 Å². The molecule has 4 heterocycles. The van der Waals surface area contributed by atoms with Crippen LogP contribution < -0.4 is 5.32 Å². The third kappa shape index (κ3) is 4.07. The van der Waals surface area contributed by atoms with Crippen LogP contribution in [0, 0.1) is 12.8 Å². The van der Waals surface area contributed by atoms with Crippen molar-refractivity contribution in [1.29, 1.82) is 0 Å². The third-order valence-corrected chi connectivity index (χ3v) is 6.24. The number of nitrogens with zero attached hydrogens (tertiary/aromatic N) is 5. The summed E-state index contributed by atoms with van der Waals surface area (Å²) in [6, 6.07) is 7.63. The molecule has 1 aliphatic carbocycles. The Morgan fingerprint density at radius 3 is 3.00 bits per heavy atom. The molecule has 6 rings (SSSR count). The summed E-state index contributed by atoms with van der Waals surface area (Å²) in [5, 5.41) is 20.1. The first-order chi connectivity index (χ1) is 16.5. The second-order valence-electron chi connectivity index (χ2n) is 8.92. The lowest BCUT2D eigenvalue weighted by Gasteiger charge is -2.12. The minimum Gasteiger partial charge on any atom is -0.389 e. The average Bonchev–Trinajstić information content (AvgIpc) is 3.32. The molecule has 1 aliphatic heterocycles. The number of aromatic amines is 1. The molecule has 0 spiro atoms. The van der Waals surface area contributed by atoms with Crippen LogP contribution in [0.1, 0.15) is 34.5 Å². The standard InChI is InChI=1S/C24H25N7O3/c1-14-16(10-30-12-18(32)13-34-30)11-31(29-14)22-6-7-25-24(28-22)27-17-4-5-21-19(8-17)20(9-26-21)23(33)15-2-3-15/h4-9,11,15,18,26,32H,2-3,10,12-13H2,1H3,(H,25,27,28). The molecule has 0 bridgehead atoms. The van der Waals surface area contributed by atoms with Crippen LogP contribution in [0.25, 0.3) is 16.7 Å². The van der Waals surface area contributed by atoms with Gasteiger partial charge in [-0.05, 0) is 38.0 Å². The summed E-state index contributed by atoms with van der Waals surface area (Å²) in [7, 11) is 0. The molecule has 0 amide bonds. The highest BCUT2D eigenvalue weighted by atomic mass is 16.7. The maximum atomic E-state index is 12.6. The number of β-amino-alcohol motifs (C(OH)–C–C–N with tert-alkyl or cyclic N) is 1. The van der Waals surface area contributed by atoms with Gasteiger partial charge in [0, 0.05) is 58.3 Å². The number of rotatable bonds is 7. The summed E-state index contributed by atoms with van der Waals surface area (Å²) in [6.45, 7) is 3.27. The minimum atomic E-state index is -0.459. The van der Waals surface area contributed by atoms with Crippen molar-refractivity contribution < 1.29 is 14.7 Å². The minimum absolute atomic E-state index is 0.167. The number of aryl methyl sites for hydroxylation is 1. The van der Waals surface area contributed by atoms with Crippen molar-refractivity contribution in [3.05, 3.63) is 59.7 Å². The fourth-order valence-corrected chi connectivity index (χ4v) is 4.23. The molecule has 10 nitrogen and oxygen atoms in total. The molecule has 10 heteroatoms. The van der Waals surface area contributed by atoms with E-state index in [1.807, 2.05) is 31.3 Å². The van der Waals surface area contributed by atoms with Crippen LogP contribution in [0.5, 0.6) is 0 Å². The maximum absolute atomic E-state index is 12.6. The number of aromatic nitrogens is 5. The van der Waals surface area contributed by atoms with E-state index >= 15 is 0 Å². The predicted octanol–water partition coefficient (Wildman–Crippen LogP) is 2.90. The monoisotopic (exact) mass is 459 g/mol. The van der Waals surface area contributed by atoms with Gasteiger partial charge < -0.3 is 15.4 Å². The second-order valence-corrected chi connectivity index (χ2v) is 8.92. The van der Waals surface area contributed by atoms with E-state index in [0.717, 1.165) is 46.3 Å². The van der Waals surface area contributed by atoms with Gasteiger partial charge in [0.15, 0.2) is 11.6 Å². The van der Waals surface area contributed by atoms with Crippen LogP contribution in [-0.2, 0) is 11.4 Å². The van der Waals surface area contributed by atoms with Crippen LogP contribution in [0.2, 0.25) is 0 Å². The predicted molar refractivity (Wildman–Crippen MR) is 125 cm³/mol. The van der Waals surface area contributed by atoms with Gasteiger partial charge in [0.25, 0.3) is 0 Å². The molecule has 2 aliphatic rings. The zero-order valence-corrected chi connectivity index (χ0v) is 18.7. The van der Waals surface area contributed by atoms with Gasteiger partial charge in [-0.2, -0.15) is 15.1 Å². The normalized spacial score (nSPS) is 18.6. The van der Waals surface area contributed by atoms with Crippen LogP contribution in [-0.4, -0.2) is 59.9 Å². The highest BCUT2D eigenvalue weighted by Crippen LogP contribution is 2.35. The molecule has 1 atom stereocenters. The van der Waals surface area contributed by atoms with Crippen molar-refractivity contribution in [2.24, 2.45) is 5.92 Å². The Morgan fingerprint density at radius 1 is 1.32 bits per heavy atom. The third-order valence-electron chi connectivity index (χ3n) is 6.24. The fraction of sp³-hybridized carbons (Fsp3) is 0.333. The topological polar surface area (TPSA) is 121 Å². The van der Waals surface area contributed by atoms with E-state index in [1.54, 1.807) is 28.2 Å². The number of aliphatic hydroxyl groups excluding tert-OH is 1. The van der Waals surface area contributed by atoms with E-state index in [-0.39, 0.29) is 11.7 Å². The van der Waals surface area contributed by atoms with Crippen molar-refractivity contribution in [1.82, 2.24) is 29.8 Å². The quantitative estimate of drug-likeness (QED) is 0.361. The fourth-order valence-electron chi connectivity index (χ4n) is 4.23. The van der Waals surface area contributed by atoms with Crippen LogP contribution in [0.3, 0.4) is 0 Å². The summed E-state index contributed by atoms with van der Waals surface area (Å²) in [5.41, 5.74) is 4.33. The molecule has 4 aromatic rings. The molecular formula is C24H25N7O3. The highest BCUT2D eigenvalue weighted by Gasteiger charge is 2.31. The van der Waals surface area contributed by atoms with Crippen LogP contribution >= 0.6 is 0 Å². The zero-order valence-electron chi connectivity index (χ0n) is 18.7. The SMILES string of the molecule is Cc1nn(-c2ccnc(Nc3ccc4[nH]cc(C(=O)C5CC5)c4c3)n2)cc1CN1CC(O)CO1. The molecule has 3 aromatic heterocycles. The Balaban J connectivity index is 1.22. The van der Waals surface area contributed by atoms with Crippen molar-refractivity contribution in [2.75, 3.05) is 18.5 Å². The van der Waals surface area contributed by atoms with E-state index in [4.69, 9.17) is 4.84 Å². The van der Waals surface area contributed by atoms with E-state index in [2.05, 4.69) is 25.4 Å². The van der Waals surface area contributed by atoms with E-state index in [0.29, 0.717) is 31.5 Å². The van der Waals surface area contributed by atoms with Gasteiger partial charge in [0.1, 0.15) is 0 Å². The van der Waals surface area contributed by atoms with Gasteiger partial charge >= 0.3 is 0 Å². The number of nitrogens with one attached hydrogen (secondary N) is 2. The number of benzene rings is 1. The maximum Gasteiger partial charge on any atom is 0.229 e.